The number of rotatable bonds is 6. The van der Waals surface area contributed by atoms with Crippen LogP contribution in [0.5, 0.6) is 11.5 Å². The summed E-state index contributed by atoms with van der Waals surface area (Å²) in [6.45, 7) is 0. The number of benzene rings is 3. The minimum Gasteiger partial charge on any atom is -0.508 e. The maximum atomic E-state index is 12.8. The van der Waals surface area contributed by atoms with Crippen LogP contribution in [0.3, 0.4) is 0 Å². The first kappa shape index (κ1) is 21.1. The SMILES string of the molecule is O=C(O)Cc1ccc(-c2cccc(NC(=O)c3cccc(-c4ccc(O)cc4O)c3)c2)s1. The smallest absolute Gasteiger partial charge is 0.308 e. The Hall–Kier alpha value is -4.10. The van der Waals surface area contributed by atoms with Gasteiger partial charge < -0.3 is 20.6 Å². The van der Waals surface area contributed by atoms with Crippen molar-refractivity contribution in [3.8, 4) is 33.1 Å². The number of hydrogen-bond acceptors (Lipinski definition) is 5. The van der Waals surface area contributed by atoms with E-state index in [0.717, 1.165) is 15.3 Å². The van der Waals surface area contributed by atoms with Crippen molar-refractivity contribution in [1.82, 2.24) is 0 Å². The van der Waals surface area contributed by atoms with Crippen LogP contribution in [0.15, 0.2) is 78.9 Å². The number of nitrogens with one attached hydrogen (secondary N) is 1. The molecule has 4 N–H and O–H groups in total. The Morgan fingerprint density at radius 3 is 2.41 bits per heavy atom. The highest BCUT2D eigenvalue weighted by Crippen LogP contribution is 2.33. The van der Waals surface area contributed by atoms with Gasteiger partial charge in [0.2, 0.25) is 0 Å². The topological polar surface area (TPSA) is 107 Å². The van der Waals surface area contributed by atoms with Crippen LogP contribution in [0.1, 0.15) is 15.2 Å². The van der Waals surface area contributed by atoms with E-state index in [0.29, 0.717) is 22.4 Å². The number of carbonyl (C=O) groups excluding carboxylic acids is 1. The first-order chi connectivity index (χ1) is 15.4. The lowest BCUT2D eigenvalue weighted by atomic mass is 10.0. The summed E-state index contributed by atoms with van der Waals surface area (Å²) >= 11 is 1.41. The summed E-state index contributed by atoms with van der Waals surface area (Å²) in [5.74, 6) is -1.29. The molecule has 0 unspecified atom stereocenters. The minimum atomic E-state index is -0.873. The van der Waals surface area contributed by atoms with Gasteiger partial charge in [0.25, 0.3) is 5.91 Å². The van der Waals surface area contributed by atoms with Crippen LogP contribution >= 0.6 is 11.3 Å². The molecule has 0 spiro atoms. The van der Waals surface area contributed by atoms with Crippen molar-refractivity contribution in [3.63, 3.8) is 0 Å². The summed E-state index contributed by atoms with van der Waals surface area (Å²) < 4.78 is 0. The van der Waals surface area contributed by atoms with Gasteiger partial charge in [0.05, 0.1) is 6.42 Å². The third kappa shape index (κ3) is 4.79. The molecule has 160 valence electrons. The van der Waals surface area contributed by atoms with Crippen LogP contribution in [0, 0.1) is 0 Å². The van der Waals surface area contributed by atoms with Crippen molar-refractivity contribution >= 4 is 28.9 Å². The van der Waals surface area contributed by atoms with Crippen molar-refractivity contribution in [2.45, 2.75) is 6.42 Å². The lowest BCUT2D eigenvalue weighted by molar-refractivity contribution is -0.136. The molecule has 0 saturated heterocycles. The Balaban J connectivity index is 1.54. The van der Waals surface area contributed by atoms with Crippen LogP contribution in [0.2, 0.25) is 0 Å². The third-order valence-corrected chi connectivity index (χ3v) is 5.94. The Morgan fingerprint density at radius 2 is 1.62 bits per heavy atom. The van der Waals surface area contributed by atoms with Crippen molar-refractivity contribution < 1.29 is 24.9 Å². The van der Waals surface area contributed by atoms with E-state index in [4.69, 9.17) is 5.11 Å². The molecule has 0 radical (unpaired) electrons. The molecule has 0 saturated carbocycles. The highest BCUT2D eigenvalue weighted by molar-refractivity contribution is 7.15. The lowest BCUT2D eigenvalue weighted by Gasteiger charge is -2.09. The third-order valence-electron chi connectivity index (χ3n) is 4.81. The first-order valence-corrected chi connectivity index (χ1v) is 10.6. The molecule has 0 aliphatic rings. The number of phenols is 2. The molecule has 0 aliphatic heterocycles. The van der Waals surface area contributed by atoms with Gasteiger partial charge in [0.1, 0.15) is 11.5 Å². The quantitative estimate of drug-likeness (QED) is 0.319. The molecule has 4 aromatic rings. The first-order valence-electron chi connectivity index (χ1n) is 9.74. The average molecular weight is 445 g/mol. The maximum absolute atomic E-state index is 12.8. The predicted molar refractivity (Wildman–Crippen MR) is 124 cm³/mol. The van der Waals surface area contributed by atoms with Crippen LogP contribution < -0.4 is 5.32 Å². The summed E-state index contributed by atoms with van der Waals surface area (Å²) in [5.41, 5.74) is 3.06. The van der Waals surface area contributed by atoms with Gasteiger partial charge in [0, 0.05) is 32.6 Å². The van der Waals surface area contributed by atoms with E-state index in [2.05, 4.69) is 5.32 Å². The molecule has 0 atom stereocenters. The molecule has 0 bridgehead atoms. The molecular formula is C25H19NO5S. The molecule has 1 heterocycles. The number of carboxylic acid groups (broad SMARTS) is 1. The molecule has 1 aromatic heterocycles. The summed E-state index contributed by atoms with van der Waals surface area (Å²) in [5, 5.41) is 31.4. The second-order valence-electron chi connectivity index (χ2n) is 7.15. The zero-order chi connectivity index (χ0) is 22.7. The van der Waals surface area contributed by atoms with E-state index in [9.17, 15) is 19.8 Å². The Morgan fingerprint density at radius 1 is 0.844 bits per heavy atom. The van der Waals surface area contributed by atoms with Gasteiger partial charge in [0.15, 0.2) is 0 Å². The van der Waals surface area contributed by atoms with Gasteiger partial charge in [-0.1, -0.05) is 24.3 Å². The van der Waals surface area contributed by atoms with Crippen LogP contribution in [0.25, 0.3) is 21.6 Å². The molecule has 32 heavy (non-hydrogen) atoms. The second kappa shape index (κ2) is 8.95. The predicted octanol–water partition coefficient (Wildman–Crippen LogP) is 5.37. The number of aliphatic carboxylic acids is 1. The van der Waals surface area contributed by atoms with E-state index in [1.165, 1.54) is 23.5 Å². The summed E-state index contributed by atoms with van der Waals surface area (Å²) in [4.78, 5) is 25.4. The van der Waals surface area contributed by atoms with Crippen molar-refractivity contribution in [2.75, 3.05) is 5.32 Å². The minimum absolute atomic E-state index is 0.0198. The number of phenolic OH excluding ortho intramolecular Hbond substituents is 2. The fourth-order valence-corrected chi connectivity index (χ4v) is 4.32. The fraction of sp³-hybridized carbons (Fsp3) is 0.0400. The standard InChI is InChI=1S/C25H19NO5S/c27-19-7-9-21(22(28)13-19)15-3-1-5-17(11-15)25(31)26-18-6-2-4-16(12-18)23-10-8-20(32-23)14-24(29)30/h1-13,27-28H,14H2,(H,26,31)(H,29,30). The number of carboxylic acids is 1. The zero-order valence-electron chi connectivity index (χ0n) is 16.8. The fourth-order valence-electron chi connectivity index (χ4n) is 3.32. The second-order valence-corrected chi connectivity index (χ2v) is 8.32. The van der Waals surface area contributed by atoms with Gasteiger partial charge in [-0.05, 0) is 59.7 Å². The molecule has 0 aliphatic carbocycles. The van der Waals surface area contributed by atoms with Crippen LogP contribution in [0.4, 0.5) is 5.69 Å². The van der Waals surface area contributed by atoms with Gasteiger partial charge in [-0.25, -0.2) is 0 Å². The summed E-state index contributed by atoms with van der Waals surface area (Å²) in [6, 6.07) is 22.2. The largest absolute Gasteiger partial charge is 0.508 e. The average Bonchev–Trinajstić information content (AvgIpc) is 3.22. The molecular weight excluding hydrogens is 426 g/mol. The summed E-state index contributed by atoms with van der Waals surface area (Å²) in [7, 11) is 0. The number of anilines is 1. The maximum Gasteiger partial charge on any atom is 0.308 e. The van der Waals surface area contributed by atoms with E-state index < -0.39 is 5.97 Å². The Labute approximate surface area is 188 Å². The Bertz CT molecular complexity index is 1310. The number of hydrogen-bond donors (Lipinski definition) is 4. The van der Waals surface area contributed by atoms with Crippen molar-refractivity contribution in [3.05, 3.63) is 89.3 Å². The van der Waals surface area contributed by atoms with Crippen molar-refractivity contribution in [1.29, 1.82) is 0 Å². The van der Waals surface area contributed by atoms with Crippen LogP contribution in [-0.2, 0) is 11.2 Å². The number of aromatic hydroxyl groups is 2. The van der Waals surface area contributed by atoms with E-state index >= 15 is 0 Å². The summed E-state index contributed by atoms with van der Waals surface area (Å²) in [6.07, 6.45) is -0.0198. The van der Waals surface area contributed by atoms with Gasteiger partial charge >= 0.3 is 5.97 Å². The molecule has 0 fully saturated rings. The molecule has 3 aromatic carbocycles. The highest BCUT2D eigenvalue weighted by Gasteiger charge is 2.12. The number of amides is 1. The monoisotopic (exact) mass is 445 g/mol. The molecule has 6 nitrogen and oxygen atoms in total. The molecule has 4 rings (SSSR count). The highest BCUT2D eigenvalue weighted by atomic mass is 32.1. The normalized spacial score (nSPS) is 10.6. The lowest BCUT2D eigenvalue weighted by Crippen LogP contribution is -2.11. The van der Waals surface area contributed by atoms with Gasteiger partial charge in [-0.15, -0.1) is 11.3 Å². The zero-order valence-corrected chi connectivity index (χ0v) is 17.6. The van der Waals surface area contributed by atoms with Gasteiger partial charge in [-0.3, -0.25) is 9.59 Å². The van der Waals surface area contributed by atoms with E-state index in [1.54, 1.807) is 42.5 Å². The Kier molecular flexibility index (Phi) is 5.91. The van der Waals surface area contributed by atoms with Gasteiger partial charge in [-0.2, -0.15) is 0 Å². The van der Waals surface area contributed by atoms with Crippen LogP contribution in [-0.4, -0.2) is 27.2 Å². The number of carbonyl (C=O) groups is 2. The van der Waals surface area contributed by atoms with Crippen molar-refractivity contribution in [2.24, 2.45) is 0 Å². The molecule has 1 amide bonds. The number of thiophene rings is 1. The van der Waals surface area contributed by atoms with E-state index in [-0.39, 0.29) is 23.8 Å². The van der Waals surface area contributed by atoms with E-state index in [1.807, 2.05) is 24.3 Å². The molecule has 7 heteroatoms.